The first-order valence-electron chi connectivity index (χ1n) is 12.1. The number of likely N-dealkylation sites (N-methyl/N-ethyl adjacent to an activating group) is 1. The van der Waals surface area contributed by atoms with Crippen molar-refractivity contribution in [2.75, 3.05) is 19.4 Å². The molecule has 3 heterocycles. The van der Waals surface area contributed by atoms with Crippen LogP contribution in [-0.2, 0) is 25.0 Å². The highest BCUT2D eigenvalue weighted by atomic mass is 16.3. The van der Waals surface area contributed by atoms with E-state index in [9.17, 15) is 9.90 Å². The molecule has 0 saturated carbocycles. The van der Waals surface area contributed by atoms with Crippen LogP contribution in [0.3, 0.4) is 0 Å². The molecule has 4 aromatic rings. The van der Waals surface area contributed by atoms with Crippen molar-refractivity contribution in [1.82, 2.24) is 24.2 Å². The van der Waals surface area contributed by atoms with Crippen LogP contribution in [0.1, 0.15) is 30.7 Å². The summed E-state index contributed by atoms with van der Waals surface area (Å²) < 4.78 is 3.46. The van der Waals surface area contributed by atoms with Gasteiger partial charge >= 0.3 is 0 Å². The molecule has 0 aliphatic heterocycles. The van der Waals surface area contributed by atoms with Crippen molar-refractivity contribution in [3.8, 4) is 5.69 Å². The maximum atomic E-state index is 13.2. The van der Waals surface area contributed by atoms with Crippen LogP contribution in [0.25, 0.3) is 16.6 Å². The fourth-order valence-electron chi connectivity index (χ4n) is 4.85. The van der Waals surface area contributed by atoms with Crippen LogP contribution in [0.15, 0.2) is 66.2 Å². The molecule has 0 bridgehead atoms. The molecule has 8 heteroatoms. The first kappa shape index (κ1) is 24.0. The SMILES string of the molecule is C=CCn1c(=O)c2cnc(Nc3ccc4c(c3)CC(N(C)C)C4)cc2n1-c1ccnc(C(C)(C)O)c1. The third-order valence-corrected chi connectivity index (χ3v) is 6.85. The molecular weight excluding hydrogens is 452 g/mol. The Hall–Kier alpha value is -3.75. The van der Waals surface area contributed by atoms with Crippen LogP contribution in [0, 0.1) is 0 Å². The third-order valence-electron chi connectivity index (χ3n) is 6.85. The van der Waals surface area contributed by atoms with E-state index in [1.807, 2.05) is 16.8 Å². The van der Waals surface area contributed by atoms with E-state index in [0.29, 0.717) is 35.0 Å². The van der Waals surface area contributed by atoms with Gasteiger partial charge in [-0.15, -0.1) is 6.58 Å². The molecule has 1 atom stereocenters. The van der Waals surface area contributed by atoms with Gasteiger partial charge in [-0.05, 0) is 76.2 Å². The normalized spacial score (nSPS) is 15.4. The molecule has 5 rings (SSSR count). The number of pyridine rings is 2. The van der Waals surface area contributed by atoms with Crippen LogP contribution in [0.4, 0.5) is 11.5 Å². The largest absolute Gasteiger partial charge is 0.384 e. The first-order valence-corrected chi connectivity index (χ1v) is 12.1. The number of aliphatic hydroxyl groups is 1. The van der Waals surface area contributed by atoms with E-state index >= 15 is 0 Å². The summed E-state index contributed by atoms with van der Waals surface area (Å²) in [6.45, 7) is 7.52. The molecule has 0 amide bonds. The highest BCUT2D eigenvalue weighted by Crippen LogP contribution is 2.29. The Bertz CT molecular complexity index is 1510. The van der Waals surface area contributed by atoms with Gasteiger partial charge in [0.25, 0.3) is 5.56 Å². The van der Waals surface area contributed by atoms with E-state index in [-0.39, 0.29) is 5.56 Å². The molecule has 8 nitrogen and oxygen atoms in total. The summed E-state index contributed by atoms with van der Waals surface area (Å²) in [5.41, 5.74) is 4.38. The fourth-order valence-corrected chi connectivity index (χ4v) is 4.85. The van der Waals surface area contributed by atoms with Crippen molar-refractivity contribution in [3.63, 3.8) is 0 Å². The maximum Gasteiger partial charge on any atom is 0.276 e. The molecule has 36 heavy (non-hydrogen) atoms. The summed E-state index contributed by atoms with van der Waals surface area (Å²) in [5, 5.41) is 14.4. The Morgan fingerprint density at radius 3 is 2.67 bits per heavy atom. The van der Waals surface area contributed by atoms with Crippen LogP contribution in [0.2, 0.25) is 0 Å². The molecule has 1 unspecified atom stereocenters. The Labute approximate surface area is 210 Å². The van der Waals surface area contributed by atoms with Gasteiger partial charge in [-0.25, -0.2) is 14.3 Å². The van der Waals surface area contributed by atoms with Crippen molar-refractivity contribution in [2.24, 2.45) is 0 Å². The summed E-state index contributed by atoms with van der Waals surface area (Å²) in [7, 11) is 4.25. The lowest BCUT2D eigenvalue weighted by molar-refractivity contribution is 0.0738. The molecule has 0 saturated heterocycles. The summed E-state index contributed by atoms with van der Waals surface area (Å²) in [4.78, 5) is 24.4. The molecule has 1 aliphatic rings. The molecule has 1 aliphatic carbocycles. The Morgan fingerprint density at radius 1 is 1.17 bits per heavy atom. The molecule has 2 N–H and O–H groups in total. The molecule has 0 fully saturated rings. The van der Waals surface area contributed by atoms with Gasteiger partial charge in [0, 0.05) is 30.2 Å². The topological polar surface area (TPSA) is 88.2 Å². The predicted molar refractivity (Wildman–Crippen MR) is 143 cm³/mol. The molecule has 186 valence electrons. The predicted octanol–water partition coefficient (Wildman–Crippen LogP) is 3.77. The van der Waals surface area contributed by atoms with Crippen molar-refractivity contribution in [2.45, 2.75) is 44.9 Å². The lowest BCUT2D eigenvalue weighted by atomic mass is 10.0. The summed E-state index contributed by atoms with van der Waals surface area (Å²) >= 11 is 0. The minimum atomic E-state index is -1.12. The van der Waals surface area contributed by atoms with Gasteiger partial charge in [-0.1, -0.05) is 12.1 Å². The number of benzene rings is 1. The molecule has 1 aromatic carbocycles. The number of hydrogen-bond acceptors (Lipinski definition) is 6. The van der Waals surface area contributed by atoms with Crippen molar-refractivity contribution in [3.05, 3.63) is 88.6 Å². The van der Waals surface area contributed by atoms with E-state index in [1.54, 1.807) is 43.1 Å². The summed E-state index contributed by atoms with van der Waals surface area (Å²) in [5.74, 6) is 0.644. The minimum absolute atomic E-state index is 0.155. The zero-order valence-corrected chi connectivity index (χ0v) is 21.2. The quantitative estimate of drug-likeness (QED) is 0.388. The standard InChI is InChI=1S/C28H32N6O2/c1-6-11-33-27(35)23-17-30-26(31-20-8-7-18-13-22(32(4)5)14-19(18)12-20)16-24(23)34(33)21-9-10-29-25(15-21)28(2,3)36/h6-10,12,15-17,22,36H,1,11,13-14H2,2-5H3,(H,30,31). The third kappa shape index (κ3) is 4.34. The lowest BCUT2D eigenvalue weighted by Gasteiger charge is -2.18. The van der Waals surface area contributed by atoms with Crippen molar-refractivity contribution in [1.29, 1.82) is 0 Å². The van der Waals surface area contributed by atoms with E-state index < -0.39 is 5.60 Å². The summed E-state index contributed by atoms with van der Waals surface area (Å²) in [6, 6.07) is 12.5. The Balaban J connectivity index is 1.57. The average Bonchev–Trinajstić information content (AvgIpc) is 3.38. The van der Waals surface area contributed by atoms with Crippen LogP contribution in [-0.4, -0.2) is 49.5 Å². The van der Waals surface area contributed by atoms with E-state index in [4.69, 9.17) is 0 Å². The van der Waals surface area contributed by atoms with Gasteiger partial charge in [0.05, 0.1) is 28.8 Å². The number of hydrogen-bond donors (Lipinski definition) is 2. The van der Waals surface area contributed by atoms with Gasteiger partial charge in [-0.2, -0.15) is 0 Å². The molecular formula is C28H32N6O2. The smallest absolute Gasteiger partial charge is 0.276 e. The number of allylic oxidation sites excluding steroid dienone is 1. The van der Waals surface area contributed by atoms with Gasteiger partial charge in [0.15, 0.2) is 0 Å². The van der Waals surface area contributed by atoms with Crippen LogP contribution >= 0.6 is 0 Å². The number of nitrogens with zero attached hydrogens (tertiary/aromatic N) is 5. The van der Waals surface area contributed by atoms with Gasteiger partial charge in [0.2, 0.25) is 0 Å². The van der Waals surface area contributed by atoms with Gasteiger partial charge in [0.1, 0.15) is 11.4 Å². The highest BCUT2D eigenvalue weighted by Gasteiger charge is 2.24. The van der Waals surface area contributed by atoms with E-state index in [1.165, 1.54) is 11.1 Å². The number of rotatable bonds is 7. The minimum Gasteiger partial charge on any atom is -0.384 e. The van der Waals surface area contributed by atoms with E-state index in [2.05, 4.69) is 59.1 Å². The van der Waals surface area contributed by atoms with Crippen molar-refractivity contribution < 1.29 is 5.11 Å². The summed E-state index contributed by atoms with van der Waals surface area (Å²) in [6.07, 6.45) is 7.04. The van der Waals surface area contributed by atoms with Crippen LogP contribution in [0.5, 0.6) is 0 Å². The maximum absolute atomic E-state index is 13.2. The second kappa shape index (κ2) is 9.04. The highest BCUT2D eigenvalue weighted by molar-refractivity contribution is 5.83. The average molecular weight is 485 g/mol. The molecule has 0 radical (unpaired) electrons. The number of anilines is 2. The molecule has 3 aromatic heterocycles. The second-order valence-electron chi connectivity index (χ2n) is 10.2. The zero-order valence-electron chi connectivity index (χ0n) is 21.2. The fraction of sp³-hybridized carbons (Fsp3) is 0.321. The molecule has 0 spiro atoms. The Morgan fingerprint density at radius 2 is 1.94 bits per heavy atom. The Kier molecular flexibility index (Phi) is 6.02. The zero-order chi connectivity index (χ0) is 25.6. The van der Waals surface area contributed by atoms with Gasteiger partial charge in [-0.3, -0.25) is 9.78 Å². The monoisotopic (exact) mass is 484 g/mol. The van der Waals surface area contributed by atoms with Crippen molar-refractivity contribution >= 4 is 22.4 Å². The first-order chi connectivity index (χ1) is 17.2. The van der Waals surface area contributed by atoms with Crippen LogP contribution < -0.4 is 10.9 Å². The number of aromatic nitrogens is 4. The van der Waals surface area contributed by atoms with Gasteiger partial charge < -0.3 is 15.3 Å². The second-order valence-corrected chi connectivity index (χ2v) is 10.2. The number of nitrogens with one attached hydrogen (secondary N) is 1. The van der Waals surface area contributed by atoms with E-state index in [0.717, 1.165) is 24.2 Å². The lowest BCUT2D eigenvalue weighted by Crippen LogP contribution is -2.27. The number of fused-ring (bicyclic) bond motifs is 2.